The van der Waals surface area contributed by atoms with Crippen molar-refractivity contribution in [2.45, 2.75) is 32.0 Å². The van der Waals surface area contributed by atoms with E-state index in [0.29, 0.717) is 17.1 Å². The second kappa shape index (κ2) is 8.93. The molecule has 2 aromatic carbocycles. The normalized spacial score (nSPS) is 10.7. The first-order chi connectivity index (χ1) is 13.6. The monoisotopic (exact) mass is 396 g/mol. The summed E-state index contributed by atoms with van der Waals surface area (Å²) in [4.78, 5) is 12.5. The number of amides is 1. The number of ether oxygens (including phenoxy) is 1. The fourth-order valence-electron chi connectivity index (χ4n) is 3.10. The zero-order valence-corrected chi connectivity index (χ0v) is 17.3. The SMILES string of the molecule is CCc1cccc(C)c1-n1c(CNC(=O)c2ccc(OC)cc2)nnc1SC. The van der Waals surface area contributed by atoms with Gasteiger partial charge in [0.2, 0.25) is 0 Å². The van der Waals surface area contributed by atoms with Gasteiger partial charge in [-0.15, -0.1) is 10.2 Å². The molecule has 3 aromatic rings. The highest BCUT2D eigenvalue weighted by Crippen LogP contribution is 2.26. The quantitative estimate of drug-likeness (QED) is 0.615. The summed E-state index contributed by atoms with van der Waals surface area (Å²) >= 11 is 1.54. The van der Waals surface area contributed by atoms with Crippen LogP contribution in [0.1, 0.15) is 34.2 Å². The lowest BCUT2D eigenvalue weighted by Crippen LogP contribution is -2.25. The van der Waals surface area contributed by atoms with Crippen LogP contribution in [0.3, 0.4) is 0 Å². The van der Waals surface area contributed by atoms with Crippen LogP contribution in [0, 0.1) is 6.92 Å². The number of aryl methyl sites for hydroxylation is 2. The number of rotatable bonds is 7. The summed E-state index contributed by atoms with van der Waals surface area (Å²) in [6, 6.07) is 13.3. The maximum Gasteiger partial charge on any atom is 0.251 e. The van der Waals surface area contributed by atoms with Crippen LogP contribution >= 0.6 is 11.8 Å². The number of hydrogen-bond acceptors (Lipinski definition) is 5. The Morgan fingerprint density at radius 2 is 1.93 bits per heavy atom. The van der Waals surface area contributed by atoms with Gasteiger partial charge in [0.15, 0.2) is 11.0 Å². The highest BCUT2D eigenvalue weighted by molar-refractivity contribution is 7.98. The molecule has 6 nitrogen and oxygen atoms in total. The lowest BCUT2D eigenvalue weighted by atomic mass is 10.1. The predicted octanol–water partition coefficient (Wildman–Crippen LogP) is 3.80. The minimum Gasteiger partial charge on any atom is -0.497 e. The molecule has 146 valence electrons. The van der Waals surface area contributed by atoms with Crippen LogP contribution in [-0.4, -0.2) is 34.0 Å². The van der Waals surface area contributed by atoms with E-state index in [1.165, 1.54) is 17.3 Å². The van der Waals surface area contributed by atoms with Crippen LogP contribution in [-0.2, 0) is 13.0 Å². The van der Waals surface area contributed by atoms with E-state index in [0.717, 1.165) is 22.8 Å². The summed E-state index contributed by atoms with van der Waals surface area (Å²) in [7, 11) is 1.60. The highest BCUT2D eigenvalue weighted by atomic mass is 32.2. The maximum atomic E-state index is 12.5. The van der Waals surface area contributed by atoms with E-state index in [2.05, 4.69) is 47.6 Å². The summed E-state index contributed by atoms with van der Waals surface area (Å²) in [6.07, 6.45) is 2.88. The molecule has 28 heavy (non-hydrogen) atoms. The van der Waals surface area contributed by atoms with Gasteiger partial charge in [-0.3, -0.25) is 9.36 Å². The molecule has 0 unspecified atom stereocenters. The largest absolute Gasteiger partial charge is 0.497 e. The standard InChI is InChI=1S/C21H24N4O2S/c1-5-15-8-6-7-14(2)19(15)25-18(23-24-21(25)28-4)13-22-20(26)16-9-11-17(27-3)12-10-16/h6-12H,5,13H2,1-4H3,(H,22,26). The summed E-state index contributed by atoms with van der Waals surface area (Å²) in [5, 5.41) is 12.4. The Labute approximate surface area is 169 Å². The van der Waals surface area contributed by atoms with Gasteiger partial charge in [0.25, 0.3) is 5.91 Å². The molecule has 1 N–H and O–H groups in total. The molecular weight excluding hydrogens is 372 g/mol. The van der Waals surface area contributed by atoms with Gasteiger partial charge in [-0.2, -0.15) is 0 Å². The summed E-state index contributed by atoms with van der Waals surface area (Å²) < 4.78 is 7.18. The zero-order valence-electron chi connectivity index (χ0n) is 16.5. The number of aromatic nitrogens is 3. The van der Waals surface area contributed by atoms with Crippen LogP contribution < -0.4 is 10.1 Å². The van der Waals surface area contributed by atoms with Crippen molar-refractivity contribution >= 4 is 17.7 Å². The maximum absolute atomic E-state index is 12.5. The predicted molar refractivity (Wildman–Crippen MR) is 111 cm³/mol. The van der Waals surface area contributed by atoms with Gasteiger partial charge in [-0.1, -0.05) is 36.9 Å². The minimum atomic E-state index is -0.164. The lowest BCUT2D eigenvalue weighted by Gasteiger charge is -2.16. The molecule has 0 radical (unpaired) electrons. The molecular formula is C21H24N4O2S. The van der Waals surface area contributed by atoms with Gasteiger partial charge in [0, 0.05) is 5.56 Å². The lowest BCUT2D eigenvalue weighted by molar-refractivity contribution is 0.0949. The van der Waals surface area contributed by atoms with Crippen molar-refractivity contribution in [3.8, 4) is 11.4 Å². The number of thioether (sulfide) groups is 1. The van der Waals surface area contributed by atoms with Gasteiger partial charge in [-0.05, 0) is 55.0 Å². The average molecular weight is 397 g/mol. The van der Waals surface area contributed by atoms with E-state index in [1.54, 1.807) is 31.4 Å². The van der Waals surface area contributed by atoms with Crippen molar-refractivity contribution in [1.29, 1.82) is 0 Å². The van der Waals surface area contributed by atoms with Crippen molar-refractivity contribution in [1.82, 2.24) is 20.1 Å². The Morgan fingerprint density at radius 3 is 2.57 bits per heavy atom. The molecule has 0 aliphatic heterocycles. The molecule has 0 atom stereocenters. The third-order valence-electron chi connectivity index (χ3n) is 4.57. The first-order valence-electron chi connectivity index (χ1n) is 9.08. The van der Waals surface area contributed by atoms with E-state index in [-0.39, 0.29) is 12.5 Å². The molecule has 1 aromatic heterocycles. The smallest absolute Gasteiger partial charge is 0.251 e. The van der Waals surface area contributed by atoms with Crippen molar-refractivity contribution in [3.05, 3.63) is 65.0 Å². The van der Waals surface area contributed by atoms with Crippen molar-refractivity contribution in [2.24, 2.45) is 0 Å². The second-order valence-electron chi connectivity index (χ2n) is 6.29. The Morgan fingerprint density at radius 1 is 1.18 bits per heavy atom. The van der Waals surface area contributed by atoms with Crippen LogP contribution in [0.5, 0.6) is 5.75 Å². The Balaban J connectivity index is 1.88. The van der Waals surface area contributed by atoms with Gasteiger partial charge in [0.1, 0.15) is 5.75 Å². The Kier molecular flexibility index (Phi) is 6.36. The molecule has 3 rings (SSSR count). The third kappa shape index (κ3) is 4.04. The molecule has 0 saturated heterocycles. The molecule has 0 fully saturated rings. The molecule has 0 saturated carbocycles. The average Bonchev–Trinajstić information content (AvgIpc) is 3.14. The van der Waals surface area contributed by atoms with Crippen LogP contribution in [0.2, 0.25) is 0 Å². The van der Waals surface area contributed by atoms with Gasteiger partial charge < -0.3 is 10.1 Å². The zero-order chi connectivity index (χ0) is 20.1. The number of hydrogen-bond donors (Lipinski definition) is 1. The molecule has 0 aliphatic rings. The topological polar surface area (TPSA) is 69.0 Å². The number of nitrogens with zero attached hydrogens (tertiary/aromatic N) is 3. The number of methoxy groups -OCH3 is 1. The number of carbonyl (C=O) groups is 1. The number of benzene rings is 2. The van der Waals surface area contributed by atoms with Crippen molar-refractivity contribution in [2.75, 3.05) is 13.4 Å². The number of nitrogens with one attached hydrogen (secondary N) is 1. The molecule has 1 heterocycles. The number of para-hydroxylation sites is 1. The van der Waals surface area contributed by atoms with Gasteiger partial charge in [-0.25, -0.2) is 0 Å². The first kappa shape index (κ1) is 19.9. The third-order valence-corrected chi connectivity index (χ3v) is 5.20. The van der Waals surface area contributed by atoms with Crippen molar-refractivity contribution < 1.29 is 9.53 Å². The molecule has 1 amide bonds. The molecule has 0 aliphatic carbocycles. The fraction of sp³-hybridized carbons (Fsp3) is 0.286. The van der Waals surface area contributed by atoms with Crippen LogP contribution in [0.25, 0.3) is 5.69 Å². The van der Waals surface area contributed by atoms with E-state index in [4.69, 9.17) is 4.74 Å². The van der Waals surface area contributed by atoms with Crippen LogP contribution in [0.4, 0.5) is 0 Å². The molecule has 0 spiro atoms. The minimum absolute atomic E-state index is 0.164. The van der Waals surface area contributed by atoms with Crippen molar-refractivity contribution in [3.63, 3.8) is 0 Å². The van der Waals surface area contributed by atoms with Gasteiger partial charge >= 0.3 is 0 Å². The van der Waals surface area contributed by atoms with Gasteiger partial charge in [0.05, 0.1) is 19.3 Å². The molecule has 7 heteroatoms. The second-order valence-corrected chi connectivity index (χ2v) is 7.06. The summed E-state index contributed by atoms with van der Waals surface area (Å²) in [5.41, 5.74) is 4.03. The fourth-order valence-corrected chi connectivity index (χ4v) is 3.60. The van der Waals surface area contributed by atoms with E-state index < -0.39 is 0 Å². The summed E-state index contributed by atoms with van der Waals surface area (Å²) in [5.74, 6) is 1.26. The Bertz CT molecular complexity index is 967. The van der Waals surface area contributed by atoms with E-state index in [9.17, 15) is 4.79 Å². The number of carbonyl (C=O) groups excluding carboxylic acids is 1. The Hall–Kier alpha value is -2.80. The molecule has 0 bridgehead atoms. The van der Waals surface area contributed by atoms with Crippen LogP contribution in [0.15, 0.2) is 47.6 Å². The first-order valence-corrected chi connectivity index (χ1v) is 10.3. The highest BCUT2D eigenvalue weighted by Gasteiger charge is 2.18. The summed E-state index contributed by atoms with van der Waals surface area (Å²) in [6.45, 7) is 4.50. The van der Waals surface area contributed by atoms with E-state index in [1.807, 2.05) is 10.8 Å². The van der Waals surface area contributed by atoms with E-state index >= 15 is 0 Å².